The molecule has 0 spiro atoms. The van der Waals surface area contributed by atoms with Gasteiger partial charge < -0.3 is 16.0 Å². The molecule has 1 saturated carbocycles. The fourth-order valence-electron chi connectivity index (χ4n) is 3.90. The maximum Gasteiger partial charge on any atom is 0.0333 e. The molecule has 2 atom stereocenters. The summed E-state index contributed by atoms with van der Waals surface area (Å²) in [4.78, 5) is 2.59. The Labute approximate surface area is 105 Å². The molecule has 0 amide bonds. The van der Waals surface area contributed by atoms with Crippen molar-refractivity contribution in [2.24, 2.45) is 11.7 Å². The van der Waals surface area contributed by atoms with Crippen molar-refractivity contribution < 1.29 is 0 Å². The van der Waals surface area contributed by atoms with Gasteiger partial charge in [0.05, 0.1) is 0 Å². The molecule has 3 fully saturated rings. The van der Waals surface area contributed by atoms with E-state index in [9.17, 15) is 0 Å². The second-order valence-electron chi connectivity index (χ2n) is 6.60. The summed E-state index contributed by atoms with van der Waals surface area (Å²) in [5.74, 6) is 1.03. The van der Waals surface area contributed by atoms with Crippen LogP contribution in [-0.4, -0.2) is 42.7 Å². The molecule has 98 valence electrons. The lowest BCUT2D eigenvalue weighted by atomic mass is 9.83. The molecule has 1 aliphatic carbocycles. The highest BCUT2D eigenvalue weighted by atomic mass is 15.2. The van der Waals surface area contributed by atoms with Gasteiger partial charge in [0.1, 0.15) is 0 Å². The number of piperidine rings is 1. The van der Waals surface area contributed by atoms with E-state index in [-0.39, 0.29) is 5.54 Å². The quantitative estimate of drug-likeness (QED) is 0.758. The highest BCUT2D eigenvalue weighted by molar-refractivity contribution is 5.05. The Morgan fingerprint density at radius 1 is 1.18 bits per heavy atom. The Hall–Kier alpha value is -0.120. The van der Waals surface area contributed by atoms with E-state index in [1.165, 1.54) is 51.5 Å². The number of hydrogen-bond acceptors (Lipinski definition) is 3. The van der Waals surface area contributed by atoms with E-state index in [2.05, 4.69) is 17.3 Å². The second-order valence-corrected chi connectivity index (χ2v) is 6.60. The fourth-order valence-corrected chi connectivity index (χ4v) is 3.90. The smallest absolute Gasteiger partial charge is 0.0333 e. The topological polar surface area (TPSA) is 41.3 Å². The van der Waals surface area contributed by atoms with E-state index >= 15 is 0 Å². The first-order chi connectivity index (χ1) is 8.22. The van der Waals surface area contributed by atoms with Crippen molar-refractivity contribution in [3.63, 3.8) is 0 Å². The average Bonchev–Trinajstić information content (AvgIpc) is 3.11. The van der Waals surface area contributed by atoms with E-state index in [4.69, 9.17) is 5.73 Å². The molecule has 3 heteroatoms. The summed E-state index contributed by atoms with van der Waals surface area (Å²) in [5.41, 5.74) is 6.34. The van der Waals surface area contributed by atoms with Crippen LogP contribution in [0, 0.1) is 5.92 Å². The predicted octanol–water partition coefficient (Wildman–Crippen LogP) is 1.33. The maximum atomic E-state index is 6.09. The first kappa shape index (κ1) is 11.9. The zero-order valence-corrected chi connectivity index (χ0v) is 11.1. The molecule has 2 heterocycles. The third kappa shape index (κ3) is 2.38. The van der Waals surface area contributed by atoms with Crippen LogP contribution in [0.4, 0.5) is 0 Å². The van der Waals surface area contributed by atoms with Crippen molar-refractivity contribution in [1.29, 1.82) is 0 Å². The molecule has 2 bridgehead atoms. The minimum Gasteiger partial charge on any atom is -0.329 e. The van der Waals surface area contributed by atoms with Gasteiger partial charge in [0, 0.05) is 24.2 Å². The van der Waals surface area contributed by atoms with Crippen molar-refractivity contribution in [3.05, 3.63) is 0 Å². The number of nitrogens with two attached hydrogens (primary N) is 1. The Balaban J connectivity index is 1.57. The van der Waals surface area contributed by atoms with Crippen molar-refractivity contribution in [2.45, 2.75) is 62.6 Å². The first-order valence-corrected chi connectivity index (χ1v) is 7.39. The van der Waals surface area contributed by atoms with Gasteiger partial charge in [-0.1, -0.05) is 12.8 Å². The summed E-state index contributed by atoms with van der Waals surface area (Å²) in [6.45, 7) is 2.00. The number of fused-ring (bicyclic) bond motifs is 2. The number of rotatable bonds is 5. The maximum absolute atomic E-state index is 6.09. The molecule has 0 aromatic heterocycles. The van der Waals surface area contributed by atoms with Gasteiger partial charge in [0.15, 0.2) is 0 Å². The molecule has 3 N–H and O–H groups in total. The standard InChI is InChI=1S/C14H27N3/c1-17-12-4-5-13(17)9-14(8-12,10-15)16-7-6-11-2-3-11/h11-13,16H,2-10,15H2,1H3. The lowest BCUT2D eigenvalue weighted by Gasteiger charge is -2.45. The van der Waals surface area contributed by atoms with Crippen LogP contribution in [0.2, 0.25) is 0 Å². The average molecular weight is 237 g/mol. The third-order valence-electron chi connectivity index (χ3n) is 5.38. The second kappa shape index (κ2) is 4.52. The van der Waals surface area contributed by atoms with Crippen LogP contribution < -0.4 is 11.1 Å². The molecule has 2 unspecified atom stereocenters. The molecule has 0 aromatic rings. The molecule has 17 heavy (non-hydrogen) atoms. The van der Waals surface area contributed by atoms with Gasteiger partial charge in [-0.15, -0.1) is 0 Å². The third-order valence-corrected chi connectivity index (χ3v) is 5.38. The summed E-state index contributed by atoms with van der Waals surface area (Å²) in [5, 5.41) is 3.83. The molecule has 3 aliphatic rings. The molecule has 2 saturated heterocycles. The van der Waals surface area contributed by atoms with Crippen molar-refractivity contribution >= 4 is 0 Å². The first-order valence-electron chi connectivity index (χ1n) is 7.39. The Kier molecular flexibility index (Phi) is 3.18. The lowest BCUT2D eigenvalue weighted by Crippen LogP contribution is -2.60. The van der Waals surface area contributed by atoms with Gasteiger partial charge in [0.25, 0.3) is 0 Å². The molecule has 0 aromatic carbocycles. The largest absolute Gasteiger partial charge is 0.329 e. The zero-order valence-electron chi connectivity index (χ0n) is 11.1. The highest BCUT2D eigenvalue weighted by Crippen LogP contribution is 2.39. The van der Waals surface area contributed by atoms with Crippen molar-refractivity contribution in [2.75, 3.05) is 20.1 Å². The van der Waals surface area contributed by atoms with Crippen molar-refractivity contribution in [3.8, 4) is 0 Å². The van der Waals surface area contributed by atoms with E-state index in [0.717, 1.165) is 24.5 Å². The van der Waals surface area contributed by atoms with Crippen LogP contribution in [0.15, 0.2) is 0 Å². The van der Waals surface area contributed by atoms with Crippen LogP contribution in [-0.2, 0) is 0 Å². The summed E-state index contributed by atoms with van der Waals surface area (Å²) in [6, 6.07) is 1.57. The number of hydrogen-bond donors (Lipinski definition) is 2. The Morgan fingerprint density at radius 2 is 1.82 bits per heavy atom. The summed E-state index contributed by atoms with van der Waals surface area (Å²) in [6.07, 6.45) is 9.59. The summed E-state index contributed by atoms with van der Waals surface area (Å²) < 4.78 is 0. The monoisotopic (exact) mass is 237 g/mol. The van der Waals surface area contributed by atoms with Gasteiger partial charge in [-0.2, -0.15) is 0 Å². The number of nitrogens with zero attached hydrogens (tertiary/aromatic N) is 1. The fraction of sp³-hybridized carbons (Fsp3) is 1.00. The SMILES string of the molecule is CN1C2CCC1CC(CN)(NCCC1CC1)C2. The van der Waals surface area contributed by atoms with E-state index in [1.54, 1.807) is 0 Å². The van der Waals surface area contributed by atoms with E-state index in [0.29, 0.717) is 0 Å². The van der Waals surface area contributed by atoms with E-state index < -0.39 is 0 Å². The lowest BCUT2D eigenvalue weighted by molar-refractivity contribution is 0.0942. The van der Waals surface area contributed by atoms with Gasteiger partial charge in [-0.3, -0.25) is 0 Å². The molecular formula is C14H27N3. The highest BCUT2D eigenvalue weighted by Gasteiger charge is 2.45. The summed E-state index contributed by atoms with van der Waals surface area (Å²) >= 11 is 0. The van der Waals surface area contributed by atoms with E-state index in [1.807, 2.05) is 0 Å². The minimum atomic E-state index is 0.257. The molecule has 0 radical (unpaired) electrons. The van der Waals surface area contributed by atoms with Crippen LogP contribution in [0.25, 0.3) is 0 Å². The molecular weight excluding hydrogens is 210 g/mol. The van der Waals surface area contributed by atoms with Gasteiger partial charge in [-0.25, -0.2) is 0 Å². The van der Waals surface area contributed by atoms with Crippen LogP contribution in [0.5, 0.6) is 0 Å². The van der Waals surface area contributed by atoms with Crippen LogP contribution in [0.1, 0.15) is 44.9 Å². The molecule has 3 rings (SSSR count). The Morgan fingerprint density at radius 3 is 2.35 bits per heavy atom. The van der Waals surface area contributed by atoms with Crippen LogP contribution in [0.3, 0.4) is 0 Å². The Bertz CT molecular complexity index is 261. The van der Waals surface area contributed by atoms with Gasteiger partial charge in [-0.05, 0) is 51.6 Å². The van der Waals surface area contributed by atoms with Gasteiger partial charge in [0.2, 0.25) is 0 Å². The normalized spacial score (nSPS) is 42.0. The van der Waals surface area contributed by atoms with Crippen LogP contribution >= 0.6 is 0 Å². The zero-order chi connectivity index (χ0) is 11.9. The predicted molar refractivity (Wildman–Crippen MR) is 70.9 cm³/mol. The molecule has 3 nitrogen and oxygen atoms in total. The summed E-state index contributed by atoms with van der Waals surface area (Å²) in [7, 11) is 2.30. The molecule has 2 aliphatic heterocycles. The minimum absolute atomic E-state index is 0.257. The van der Waals surface area contributed by atoms with Crippen molar-refractivity contribution in [1.82, 2.24) is 10.2 Å². The van der Waals surface area contributed by atoms with Gasteiger partial charge >= 0.3 is 0 Å². The number of nitrogens with one attached hydrogen (secondary N) is 1.